The molecular formula is C19H33N5O4. The van der Waals surface area contributed by atoms with E-state index >= 15 is 0 Å². The van der Waals surface area contributed by atoms with Gasteiger partial charge in [0.15, 0.2) is 5.78 Å². The number of hydrogen-bond acceptors (Lipinski definition) is 7. The molecule has 1 aliphatic heterocycles. The van der Waals surface area contributed by atoms with Gasteiger partial charge in [0, 0.05) is 19.2 Å². The van der Waals surface area contributed by atoms with E-state index in [1.165, 1.54) is 23.0 Å². The largest absolute Gasteiger partial charge is 0.403 e. The topological polar surface area (TPSA) is 142 Å². The number of ketones is 1. The molecule has 2 fully saturated rings. The Labute approximate surface area is 166 Å². The van der Waals surface area contributed by atoms with E-state index in [0.717, 1.165) is 19.3 Å². The number of rotatable bonds is 7. The fourth-order valence-electron chi connectivity index (χ4n) is 4.26. The van der Waals surface area contributed by atoms with Gasteiger partial charge in [-0.25, -0.2) is 5.84 Å². The lowest BCUT2D eigenvalue weighted by atomic mass is 9.78. The van der Waals surface area contributed by atoms with Crippen LogP contribution in [0.15, 0.2) is 11.9 Å². The molecule has 158 valence electrons. The van der Waals surface area contributed by atoms with Gasteiger partial charge in [-0.3, -0.25) is 14.4 Å². The molecule has 9 nitrogen and oxygen atoms in total. The number of likely N-dealkylation sites (tertiary alicyclic amines) is 1. The van der Waals surface area contributed by atoms with Gasteiger partial charge in [0.05, 0.1) is 17.3 Å². The third-order valence-electron chi connectivity index (χ3n) is 5.96. The molecule has 0 aromatic carbocycles. The van der Waals surface area contributed by atoms with Crippen LogP contribution in [0.4, 0.5) is 0 Å². The summed E-state index contributed by atoms with van der Waals surface area (Å²) in [5, 5.41) is 14.5. The van der Waals surface area contributed by atoms with Crippen LogP contribution in [0.2, 0.25) is 0 Å². The van der Waals surface area contributed by atoms with Crippen LogP contribution < -0.4 is 16.9 Å². The Hall–Kier alpha value is -2.13. The Morgan fingerprint density at radius 2 is 1.89 bits per heavy atom. The standard InChI is InChI=1S/C19H33N5O4/c1-13(26)19(7-5-4-6-8-19)22-17(27)15-9-14(11-23(15)12-25)24(21)16(10-20)18(2,3)28/h10,12,14-15,28H,4-9,11,20-21H2,1-3H3,(H,22,27)/b16-10-. The van der Waals surface area contributed by atoms with Gasteiger partial charge in [-0.05, 0) is 33.6 Å². The molecule has 0 radical (unpaired) electrons. The van der Waals surface area contributed by atoms with Gasteiger partial charge < -0.3 is 26.1 Å². The van der Waals surface area contributed by atoms with Gasteiger partial charge in [0.25, 0.3) is 0 Å². The molecule has 1 aliphatic carbocycles. The predicted molar refractivity (Wildman–Crippen MR) is 104 cm³/mol. The number of Topliss-reactive ketones (excluding diaryl/α,β-unsaturated/α-hetero) is 1. The van der Waals surface area contributed by atoms with Gasteiger partial charge in [0.2, 0.25) is 12.3 Å². The van der Waals surface area contributed by atoms with Crippen molar-refractivity contribution >= 4 is 18.1 Å². The van der Waals surface area contributed by atoms with Crippen LogP contribution in [0.3, 0.4) is 0 Å². The number of amides is 2. The van der Waals surface area contributed by atoms with E-state index in [2.05, 4.69) is 5.32 Å². The summed E-state index contributed by atoms with van der Waals surface area (Å²) in [6.45, 7) is 4.84. The number of hydrazine groups is 1. The van der Waals surface area contributed by atoms with Crippen LogP contribution >= 0.6 is 0 Å². The molecule has 1 heterocycles. The summed E-state index contributed by atoms with van der Waals surface area (Å²) < 4.78 is 0. The van der Waals surface area contributed by atoms with Gasteiger partial charge in [-0.15, -0.1) is 0 Å². The van der Waals surface area contributed by atoms with Crippen molar-refractivity contribution in [2.24, 2.45) is 11.6 Å². The van der Waals surface area contributed by atoms with Crippen molar-refractivity contribution in [2.75, 3.05) is 6.54 Å². The van der Waals surface area contributed by atoms with Gasteiger partial charge in [-0.2, -0.15) is 0 Å². The molecule has 0 bridgehead atoms. The Morgan fingerprint density at radius 3 is 2.36 bits per heavy atom. The quantitative estimate of drug-likeness (QED) is 0.264. The zero-order valence-corrected chi connectivity index (χ0v) is 17.0. The lowest BCUT2D eigenvalue weighted by Crippen LogP contribution is -2.58. The molecule has 1 saturated carbocycles. The van der Waals surface area contributed by atoms with Crippen LogP contribution in [0, 0.1) is 0 Å². The van der Waals surface area contributed by atoms with Crippen LogP contribution in [-0.2, 0) is 14.4 Å². The minimum absolute atomic E-state index is 0.0522. The molecule has 9 heteroatoms. The van der Waals surface area contributed by atoms with E-state index < -0.39 is 17.2 Å². The second-order valence-corrected chi connectivity index (χ2v) is 8.41. The zero-order valence-electron chi connectivity index (χ0n) is 17.0. The molecule has 1 saturated heterocycles. The van der Waals surface area contributed by atoms with Gasteiger partial charge in [-0.1, -0.05) is 19.3 Å². The summed E-state index contributed by atoms with van der Waals surface area (Å²) in [6, 6.07) is -1.12. The van der Waals surface area contributed by atoms with E-state index in [4.69, 9.17) is 11.6 Å². The monoisotopic (exact) mass is 395 g/mol. The van der Waals surface area contributed by atoms with E-state index in [9.17, 15) is 19.5 Å². The van der Waals surface area contributed by atoms with Crippen LogP contribution in [-0.4, -0.2) is 62.9 Å². The van der Waals surface area contributed by atoms with Crippen molar-refractivity contribution in [1.29, 1.82) is 0 Å². The number of carbonyl (C=O) groups excluding carboxylic acids is 3. The molecule has 0 spiro atoms. The number of nitrogens with one attached hydrogen (secondary N) is 1. The van der Waals surface area contributed by atoms with Crippen molar-refractivity contribution in [3.05, 3.63) is 11.9 Å². The first-order valence-electron chi connectivity index (χ1n) is 9.78. The number of aliphatic hydroxyl groups is 1. The van der Waals surface area contributed by atoms with E-state index in [-0.39, 0.29) is 30.7 Å². The average Bonchev–Trinajstić information content (AvgIpc) is 3.06. The highest BCUT2D eigenvalue weighted by molar-refractivity contribution is 5.93. The minimum atomic E-state index is -1.27. The maximum absolute atomic E-state index is 13.0. The van der Waals surface area contributed by atoms with Crippen molar-refractivity contribution in [1.82, 2.24) is 15.2 Å². The lowest BCUT2D eigenvalue weighted by molar-refractivity contribution is -0.136. The van der Waals surface area contributed by atoms with Crippen molar-refractivity contribution in [3.63, 3.8) is 0 Å². The highest BCUT2D eigenvalue weighted by Crippen LogP contribution is 2.31. The first kappa shape index (κ1) is 22.2. The van der Waals surface area contributed by atoms with Crippen molar-refractivity contribution < 1.29 is 19.5 Å². The number of nitrogens with zero attached hydrogens (tertiary/aromatic N) is 2. The summed E-state index contributed by atoms with van der Waals surface area (Å²) in [6.07, 6.45) is 6.18. The van der Waals surface area contributed by atoms with Crippen LogP contribution in [0.5, 0.6) is 0 Å². The summed E-state index contributed by atoms with van der Waals surface area (Å²) in [7, 11) is 0. The number of nitrogens with two attached hydrogens (primary N) is 2. The molecule has 2 atom stereocenters. The zero-order chi connectivity index (χ0) is 21.1. The molecule has 28 heavy (non-hydrogen) atoms. The summed E-state index contributed by atoms with van der Waals surface area (Å²) in [5.41, 5.74) is 3.81. The molecule has 2 aliphatic rings. The highest BCUT2D eigenvalue weighted by Gasteiger charge is 2.44. The lowest BCUT2D eigenvalue weighted by Gasteiger charge is -2.37. The Bertz CT molecular complexity index is 637. The third kappa shape index (κ3) is 4.47. The normalized spacial score (nSPS) is 25.3. The van der Waals surface area contributed by atoms with Gasteiger partial charge >= 0.3 is 0 Å². The molecule has 2 rings (SSSR count). The second kappa shape index (κ2) is 8.48. The molecule has 0 aromatic rings. The van der Waals surface area contributed by atoms with Crippen molar-refractivity contribution in [2.45, 2.75) is 82.5 Å². The highest BCUT2D eigenvalue weighted by atomic mass is 16.3. The third-order valence-corrected chi connectivity index (χ3v) is 5.96. The molecular weight excluding hydrogens is 362 g/mol. The van der Waals surface area contributed by atoms with Crippen LogP contribution in [0.1, 0.15) is 59.3 Å². The van der Waals surface area contributed by atoms with Crippen LogP contribution in [0.25, 0.3) is 0 Å². The van der Waals surface area contributed by atoms with E-state index in [1.807, 2.05) is 0 Å². The Balaban J connectivity index is 2.15. The summed E-state index contributed by atoms with van der Waals surface area (Å²) in [4.78, 5) is 38.2. The van der Waals surface area contributed by atoms with Crippen molar-refractivity contribution in [3.8, 4) is 0 Å². The second-order valence-electron chi connectivity index (χ2n) is 8.41. The molecule has 2 unspecified atom stereocenters. The first-order chi connectivity index (χ1) is 13.1. The van der Waals surface area contributed by atoms with E-state index in [1.54, 1.807) is 13.8 Å². The summed E-state index contributed by atoms with van der Waals surface area (Å²) >= 11 is 0. The average molecular weight is 396 g/mol. The fraction of sp³-hybridized carbons (Fsp3) is 0.737. The molecule has 2 amide bonds. The number of hydrogen-bond donors (Lipinski definition) is 4. The number of carbonyl (C=O) groups is 3. The predicted octanol–water partition coefficient (Wildman–Crippen LogP) is -0.259. The van der Waals surface area contributed by atoms with E-state index in [0.29, 0.717) is 24.9 Å². The fourth-order valence-corrected chi connectivity index (χ4v) is 4.26. The maximum Gasteiger partial charge on any atom is 0.243 e. The maximum atomic E-state index is 13.0. The smallest absolute Gasteiger partial charge is 0.243 e. The Morgan fingerprint density at radius 1 is 1.29 bits per heavy atom. The Kier molecular flexibility index (Phi) is 6.71. The van der Waals surface area contributed by atoms with Gasteiger partial charge in [0.1, 0.15) is 11.6 Å². The SMILES string of the molecule is CC(=O)C1(NC(=O)C2CC(N(N)/C(=C\N)C(C)(C)O)CN2C=O)CCCCC1. The molecule has 6 N–H and O–H groups in total. The summed E-state index contributed by atoms with van der Waals surface area (Å²) in [5.74, 6) is 5.76. The molecule has 0 aromatic heterocycles. The first-order valence-corrected chi connectivity index (χ1v) is 9.78. The minimum Gasteiger partial charge on any atom is -0.403 e.